The lowest BCUT2D eigenvalue weighted by Crippen LogP contribution is -2.18. The topological polar surface area (TPSA) is 95.5 Å². The van der Waals surface area contributed by atoms with E-state index in [2.05, 4.69) is 4.72 Å². The second-order valence-corrected chi connectivity index (χ2v) is 6.93. The summed E-state index contributed by atoms with van der Waals surface area (Å²) in [6.07, 6.45) is 3.03. The normalized spacial score (nSPS) is 11.4. The van der Waals surface area contributed by atoms with E-state index >= 15 is 0 Å². The monoisotopic (exact) mass is 346 g/mol. The fourth-order valence-electron chi connectivity index (χ4n) is 2.04. The molecule has 0 bridgehead atoms. The minimum atomic E-state index is -3.48. The van der Waals surface area contributed by atoms with Gasteiger partial charge in [-0.3, -0.25) is 14.7 Å². The summed E-state index contributed by atoms with van der Waals surface area (Å²) in [5.41, 5.74) is 3.47. The molecule has 7 heteroatoms. The van der Waals surface area contributed by atoms with E-state index < -0.39 is 15.9 Å². The van der Waals surface area contributed by atoms with Crippen LogP contribution < -0.4 is 10.2 Å². The quantitative estimate of drug-likeness (QED) is 0.407. The Bertz CT molecular complexity index is 817. The van der Waals surface area contributed by atoms with Crippen LogP contribution in [0.15, 0.2) is 60.7 Å². The van der Waals surface area contributed by atoms with Gasteiger partial charge in [-0.25, -0.2) is 13.9 Å². The molecule has 0 saturated heterocycles. The van der Waals surface area contributed by atoms with Crippen LogP contribution in [0, 0.1) is 0 Å². The third-order valence-corrected chi connectivity index (χ3v) is 4.49. The zero-order valence-electron chi connectivity index (χ0n) is 12.8. The molecule has 0 aromatic heterocycles. The molecule has 0 heterocycles. The van der Waals surface area contributed by atoms with Gasteiger partial charge in [0.2, 0.25) is 10.0 Å². The Hall–Kier alpha value is -2.64. The molecule has 2 aromatic rings. The van der Waals surface area contributed by atoms with Crippen molar-refractivity contribution in [1.29, 1.82) is 0 Å². The first-order chi connectivity index (χ1) is 11.5. The molecule has 2 aromatic carbocycles. The van der Waals surface area contributed by atoms with Gasteiger partial charge in [-0.1, -0.05) is 42.5 Å². The number of aryl methyl sites for hydroxylation is 1. The molecule has 6 nitrogen and oxygen atoms in total. The fourth-order valence-corrected chi connectivity index (χ4v) is 3.14. The number of rotatable bonds is 7. The Morgan fingerprint density at radius 3 is 2.54 bits per heavy atom. The maximum Gasteiger partial charge on any atom is 0.267 e. The number of nitrogens with one attached hydrogen (secondary N) is 2. The summed E-state index contributed by atoms with van der Waals surface area (Å²) in [6, 6.07) is 16.0. The average molecular weight is 346 g/mol. The molecule has 0 atom stereocenters. The van der Waals surface area contributed by atoms with Crippen LogP contribution in [0.25, 0.3) is 6.08 Å². The summed E-state index contributed by atoms with van der Waals surface area (Å²) >= 11 is 0. The number of carbonyl (C=O) groups is 1. The number of sulfonamides is 1. The summed E-state index contributed by atoms with van der Waals surface area (Å²) < 4.78 is 26.9. The fraction of sp³-hybridized carbons (Fsp3) is 0.118. The summed E-state index contributed by atoms with van der Waals surface area (Å²) in [6.45, 7) is 0. The van der Waals surface area contributed by atoms with Crippen molar-refractivity contribution in [3.05, 3.63) is 71.8 Å². The zero-order chi connectivity index (χ0) is 17.4. The van der Waals surface area contributed by atoms with Gasteiger partial charge < -0.3 is 0 Å². The van der Waals surface area contributed by atoms with Crippen molar-refractivity contribution >= 4 is 27.7 Å². The van der Waals surface area contributed by atoms with Crippen LogP contribution in [0.4, 0.5) is 5.69 Å². The van der Waals surface area contributed by atoms with E-state index in [9.17, 15) is 13.2 Å². The van der Waals surface area contributed by atoms with Gasteiger partial charge in [-0.05, 0) is 35.8 Å². The van der Waals surface area contributed by atoms with Crippen molar-refractivity contribution in [3.8, 4) is 0 Å². The van der Waals surface area contributed by atoms with Crippen LogP contribution in [0.1, 0.15) is 11.1 Å². The summed E-state index contributed by atoms with van der Waals surface area (Å²) in [5, 5.41) is 8.43. The maximum absolute atomic E-state index is 12.2. The van der Waals surface area contributed by atoms with Crippen LogP contribution in [-0.4, -0.2) is 25.3 Å². The van der Waals surface area contributed by atoms with E-state index in [0.29, 0.717) is 17.7 Å². The lowest BCUT2D eigenvalue weighted by atomic mass is 10.2. The number of amides is 1. The van der Waals surface area contributed by atoms with Crippen LogP contribution in [0.3, 0.4) is 0 Å². The Morgan fingerprint density at radius 1 is 1.08 bits per heavy atom. The van der Waals surface area contributed by atoms with Gasteiger partial charge in [0.15, 0.2) is 0 Å². The molecule has 0 aliphatic heterocycles. The first kappa shape index (κ1) is 17.7. The van der Waals surface area contributed by atoms with Crippen molar-refractivity contribution in [3.63, 3.8) is 0 Å². The minimum absolute atomic E-state index is 0.0238. The van der Waals surface area contributed by atoms with Crippen LogP contribution in [0.5, 0.6) is 0 Å². The molecule has 0 spiro atoms. The minimum Gasteiger partial charge on any atom is -0.288 e. The number of carbonyl (C=O) groups excluding carboxylic acids is 1. The molecule has 0 fully saturated rings. The van der Waals surface area contributed by atoms with Crippen molar-refractivity contribution in [1.82, 2.24) is 5.48 Å². The smallest absolute Gasteiger partial charge is 0.267 e. The lowest BCUT2D eigenvalue weighted by molar-refractivity contribution is -0.124. The Labute approximate surface area is 140 Å². The molecular formula is C17H18N2O4S. The zero-order valence-corrected chi connectivity index (χ0v) is 13.7. The first-order valence-corrected chi connectivity index (χ1v) is 8.90. The maximum atomic E-state index is 12.2. The Balaban J connectivity index is 2.01. The van der Waals surface area contributed by atoms with E-state index in [1.54, 1.807) is 24.3 Å². The average Bonchev–Trinajstić information content (AvgIpc) is 2.59. The molecule has 0 unspecified atom stereocenters. The Kier molecular flexibility index (Phi) is 6.11. The Morgan fingerprint density at radius 2 is 1.83 bits per heavy atom. The van der Waals surface area contributed by atoms with E-state index in [0.717, 1.165) is 11.6 Å². The summed E-state index contributed by atoms with van der Waals surface area (Å²) in [4.78, 5) is 11.0. The van der Waals surface area contributed by atoms with E-state index in [1.165, 1.54) is 11.6 Å². The van der Waals surface area contributed by atoms with Crippen LogP contribution >= 0.6 is 0 Å². The standard InChI is InChI=1S/C17H18N2O4S/c20-17(18-21)10-9-15-7-4-8-16(13-15)19-24(22,23)12-11-14-5-2-1-3-6-14/h1-10,13,19,21H,11-12H2,(H,18,20). The predicted molar refractivity (Wildman–Crippen MR) is 93.0 cm³/mol. The highest BCUT2D eigenvalue weighted by molar-refractivity contribution is 7.92. The SMILES string of the molecule is O=C(C=Cc1cccc(NS(=O)(=O)CCc2ccccc2)c1)NO. The predicted octanol–water partition coefficient (Wildman–Crippen LogP) is 2.19. The van der Waals surface area contributed by atoms with Gasteiger partial charge in [0.05, 0.1) is 5.75 Å². The molecular weight excluding hydrogens is 328 g/mol. The van der Waals surface area contributed by atoms with E-state index in [-0.39, 0.29) is 5.75 Å². The number of hydrogen-bond acceptors (Lipinski definition) is 4. The molecule has 2 rings (SSSR count). The lowest BCUT2D eigenvalue weighted by Gasteiger charge is -2.08. The van der Waals surface area contributed by atoms with Crippen molar-refractivity contribution in [2.24, 2.45) is 0 Å². The highest BCUT2D eigenvalue weighted by Gasteiger charge is 2.10. The molecule has 0 radical (unpaired) electrons. The van der Waals surface area contributed by atoms with Gasteiger partial charge in [0.1, 0.15) is 0 Å². The van der Waals surface area contributed by atoms with Gasteiger partial charge in [-0.2, -0.15) is 0 Å². The molecule has 0 saturated carbocycles. The van der Waals surface area contributed by atoms with Crippen LogP contribution in [-0.2, 0) is 21.2 Å². The first-order valence-electron chi connectivity index (χ1n) is 7.25. The number of benzene rings is 2. The number of anilines is 1. The third kappa shape index (κ3) is 5.86. The van der Waals surface area contributed by atoms with E-state index in [4.69, 9.17) is 5.21 Å². The number of hydrogen-bond donors (Lipinski definition) is 3. The molecule has 24 heavy (non-hydrogen) atoms. The number of hydroxylamine groups is 1. The largest absolute Gasteiger partial charge is 0.288 e. The van der Waals surface area contributed by atoms with Crippen LogP contribution in [0.2, 0.25) is 0 Å². The van der Waals surface area contributed by atoms with Gasteiger partial charge in [-0.15, -0.1) is 0 Å². The third-order valence-electron chi connectivity index (χ3n) is 3.20. The van der Waals surface area contributed by atoms with Gasteiger partial charge in [0, 0.05) is 11.8 Å². The second kappa shape index (κ2) is 8.28. The summed E-state index contributed by atoms with van der Waals surface area (Å²) in [7, 11) is -3.48. The van der Waals surface area contributed by atoms with Gasteiger partial charge in [0.25, 0.3) is 5.91 Å². The highest BCUT2D eigenvalue weighted by atomic mass is 32.2. The highest BCUT2D eigenvalue weighted by Crippen LogP contribution is 2.14. The second-order valence-electron chi connectivity index (χ2n) is 5.09. The molecule has 3 N–H and O–H groups in total. The van der Waals surface area contributed by atoms with Gasteiger partial charge >= 0.3 is 0 Å². The molecule has 126 valence electrons. The molecule has 0 aliphatic rings. The molecule has 0 aliphatic carbocycles. The molecule has 1 amide bonds. The van der Waals surface area contributed by atoms with E-state index in [1.807, 2.05) is 30.3 Å². The summed E-state index contributed by atoms with van der Waals surface area (Å²) in [5.74, 6) is -0.687. The van der Waals surface area contributed by atoms with Crippen molar-refractivity contribution in [2.75, 3.05) is 10.5 Å². The van der Waals surface area contributed by atoms with Crippen molar-refractivity contribution in [2.45, 2.75) is 6.42 Å². The van der Waals surface area contributed by atoms with Crippen molar-refractivity contribution < 1.29 is 18.4 Å².